The van der Waals surface area contributed by atoms with Gasteiger partial charge in [-0.05, 0) is 43.5 Å². The Morgan fingerprint density at radius 1 is 1.14 bits per heavy atom. The highest BCUT2D eigenvalue weighted by atomic mass is 32.2. The smallest absolute Gasteiger partial charge is 0.262 e. The van der Waals surface area contributed by atoms with E-state index < -0.39 is 0 Å². The van der Waals surface area contributed by atoms with Crippen molar-refractivity contribution in [2.24, 2.45) is 0 Å². The van der Waals surface area contributed by atoms with Gasteiger partial charge in [0.05, 0.1) is 22.7 Å². The van der Waals surface area contributed by atoms with E-state index in [1.807, 2.05) is 24.3 Å². The number of aromatic nitrogens is 4. The first kappa shape index (κ1) is 24.2. The fraction of sp³-hybridized carbons (Fsp3) is 0.346. The predicted molar refractivity (Wildman–Crippen MR) is 138 cm³/mol. The number of carbonyl (C=O) groups excluding carboxylic acids is 1. The van der Waals surface area contributed by atoms with Crippen molar-refractivity contribution in [3.63, 3.8) is 0 Å². The highest BCUT2D eigenvalue weighted by Gasteiger charge is 2.17. The Kier molecular flexibility index (Phi) is 7.43. The van der Waals surface area contributed by atoms with Crippen molar-refractivity contribution in [2.45, 2.75) is 49.2 Å². The van der Waals surface area contributed by atoms with E-state index in [1.54, 1.807) is 29.0 Å². The first-order valence-electron chi connectivity index (χ1n) is 12.1. The van der Waals surface area contributed by atoms with Gasteiger partial charge in [-0.25, -0.2) is 9.97 Å². The van der Waals surface area contributed by atoms with Gasteiger partial charge in [-0.3, -0.25) is 23.4 Å². The molecule has 1 aliphatic heterocycles. The highest BCUT2D eigenvalue weighted by Crippen LogP contribution is 2.22. The number of benzene rings is 1. The summed E-state index contributed by atoms with van der Waals surface area (Å²) < 4.78 is 8.65. The van der Waals surface area contributed by atoms with Gasteiger partial charge in [-0.1, -0.05) is 30.0 Å². The lowest BCUT2D eigenvalue weighted by molar-refractivity contribution is -0.121. The van der Waals surface area contributed by atoms with Crippen molar-refractivity contribution in [2.75, 3.05) is 13.2 Å². The van der Waals surface area contributed by atoms with Crippen LogP contribution >= 0.6 is 11.8 Å². The lowest BCUT2D eigenvalue weighted by Gasteiger charge is -2.14. The van der Waals surface area contributed by atoms with Crippen LogP contribution in [0.3, 0.4) is 0 Å². The van der Waals surface area contributed by atoms with Gasteiger partial charge >= 0.3 is 0 Å². The Labute approximate surface area is 211 Å². The van der Waals surface area contributed by atoms with Gasteiger partial charge in [0, 0.05) is 44.1 Å². The van der Waals surface area contributed by atoms with Crippen LogP contribution in [-0.2, 0) is 21.8 Å². The molecule has 4 heterocycles. The van der Waals surface area contributed by atoms with E-state index in [0.29, 0.717) is 59.1 Å². The van der Waals surface area contributed by atoms with Crippen molar-refractivity contribution in [1.82, 2.24) is 24.3 Å². The normalized spacial score (nSPS) is 15.5. The second-order valence-corrected chi connectivity index (χ2v) is 9.66. The monoisotopic (exact) mass is 505 g/mol. The minimum absolute atomic E-state index is 0.0534. The summed E-state index contributed by atoms with van der Waals surface area (Å²) in [5.41, 5.74) is 1.49. The lowest BCUT2D eigenvalue weighted by Crippen LogP contribution is -2.32. The largest absolute Gasteiger partial charge is 0.376 e. The quantitative estimate of drug-likeness (QED) is 0.275. The molecule has 1 fully saturated rings. The number of thioether (sulfide) groups is 1. The minimum Gasteiger partial charge on any atom is -0.376 e. The topological polar surface area (TPSA) is 108 Å². The van der Waals surface area contributed by atoms with E-state index in [4.69, 9.17) is 9.72 Å². The van der Waals surface area contributed by atoms with Crippen LogP contribution in [0.1, 0.15) is 31.4 Å². The number of hydrogen-bond donors (Lipinski definition) is 1. The number of para-hydroxylation sites is 1. The third-order valence-corrected chi connectivity index (χ3v) is 7.15. The van der Waals surface area contributed by atoms with Gasteiger partial charge in [-0.2, -0.15) is 0 Å². The predicted octanol–water partition coefficient (Wildman–Crippen LogP) is 2.77. The summed E-state index contributed by atoms with van der Waals surface area (Å²) in [5, 5.41) is 3.99. The number of ether oxygens (including phenoxy) is 1. The molecular formula is C26H27N5O4S. The molecule has 0 radical (unpaired) electrons. The van der Waals surface area contributed by atoms with Crippen LogP contribution in [0.5, 0.6) is 0 Å². The van der Waals surface area contributed by atoms with Gasteiger partial charge in [0.25, 0.3) is 11.1 Å². The van der Waals surface area contributed by atoms with E-state index in [9.17, 15) is 14.4 Å². The summed E-state index contributed by atoms with van der Waals surface area (Å²) in [4.78, 5) is 47.3. The number of nitrogens with one attached hydrogen (secondary N) is 1. The molecule has 186 valence electrons. The Balaban J connectivity index is 1.32. The lowest BCUT2D eigenvalue weighted by atomic mass is 10.2. The van der Waals surface area contributed by atoms with E-state index in [-0.39, 0.29) is 23.1 Å². The molecule has 0 bridgehead atoms. The van der Waals surface area contributed by atoms with E-state index in [2.05, 4.69) is 10.3 Å². The van der Waals surface area contributed by atoms with Crippen molar-refractivity contribution in [3.8, 4) is 0 Å². The van der Waals surface area contributed by atoms with Crippen molar-refractivity contribution in [1.29, 1.82) is 0 Å². The standard InChI is InChI=1S/C26H27N5O4S/c32-23(27-16-19-7-6-14-35-19)11-5-13-31-25(34)20-8-1-2-9-21(20)29-26(31)36-17-18-15-24(33)30-12-4-3-10-22(30)28-18/h1-4,8-10,12,15,19H,5-7,11,13-14,16-17H2,(H,27,32)/t19-/m0/s1. The first-order valence-corrected chi connectivity index (χ1v) is 13.0. The van der Waals surface area contributed by atoms with Crippen LogP contribution in [0.2, 0.25) is 0 Å². The maximum Gasteiger partial charge on any atom is 0.262 e. The molecule has 5 rings (SSSR count). The van der Waals surface area contributed by atoms with Crippen LogP contribution in [0.25, 0.3) is 16.6 Å². The Morgan fingerprint density at radius 3 is 2.86 bits per heavy atom. The summed E-state index contributed by atoms with van der Waals surface area (Å²) in [7, 11) is 0. The molecule has 1 amide bonds. The van der Waals surface area contributed by atoms with Crippen LogP contribution in [0, 0.1) is 0 Å². The molecule has 10 heteroatoms. The molecule has 1 aromatic carbocycles. The van der Waals surface area contributed by atoms with Crippen LogP contribution in [0.15, 0.2) is 69.5 Å². The van der Waals surface area contributed by atoms with Gasteiger partial charge in [0.1, 0.15) is 5.65 Å². The molecule has 0 spiro atoms. The summed E-state index contributed by atoms with van der Waals surface area (Å²) in [6, 6.07) is 14.1. The molecule has 1 aliphatic rings. The van der Waals surface area contributed by atoms with Crippen molar-refractivity contribution in [3.05, 3.63) is 81.1 Å². The first-order chi connectivity index (χ1) is 17.6. The molecule has 3 aromatic heterocycles. The number of fused-ring (bicyclic) bond motifs is 2. The van der Waals surface area contributed by atoms with E-state index in [0.717, 1.165) is 19.4 Å². The molecular weight excluding hydrogens is 478 g/mol. The molecule has 36 heavy (non-hydrogen) atoms. The number of nitrogens with zero attached hydrogens (tertiary/aromatic N) is 4. The molecule has 1 atom stereocenters. The zero-order valence-corrected chi connectivity index (χ0v) is 20.6. The molecule has 1 saturated heterocycles. The number of amides is 1. The molecule has 0 saturated carbocycles. The molecule has 0 aliphatic carbocycles. The molecule has 4 aromatic rings. The maximum absolute atomic E-state index is 13.3. The average molecular weight is 506 g/mol. The second-order valence-electron chi connectivity index (χ2n) is 8.71. The zero-order valence-electron chi connectivity index (χ0n) is 19.8. The third-order valence-electron chi connectivity index (χ3n) is 6.14. The summed E-state index contributed by atoms with van der Waals surface area (Å²) in [6.07, 6.45) is 4.59. The fourth-order valence-electron chi connectivity index (χ4n) is 4.29. The SMILES string of the molecule is O=C(CCCn1c(SCc2cc(=O)n3ccccc3n2)nc2ccccc2c1=O)NC[C@@H]1CCCO1. The minimum atomic E-state index is -0.158. The van der Waals surface area contributed by atoms with E-state index >= 15 is 0 Å². The fourth-order valence-corrected chi connectivity index (χ4v) is 5.21. The number of pyridine rings is 1. The summed E-state index contributed by atoms with van der Waals surface area (Å²) >= 11 is 1.36. The highest BCUT2D eigenvalue weighted by molar-refractivity contribution is 7.98. The number of carbonyl (C=O) groups is 1. The second kappa shape index (κ2) is 11.0. The van der Waals surface area contributed by atoms with Gasteiger partial charge in [-0.15, -0.1) is 0 Å². The average Bonchev–Trinajstić information content (AvgIpc) is 3.42. The van der Waals surface area contributed by atoms with E-state index in [1.165, 1.54) is 22.2 Å². The van der Waals surface area contributed by atoms with Crippen LogP contribution in [-0.4, -0.2) is 44.1 Å². The third kappa shape index (κ3) is 5.50. The van der Waals surface area contributed by atoms with Gasteiger partial charge in [0.15, 0.2) is 5.16 Å². The molecule has 9 nitrogen and oxygen atoms in total. The summed E-state index contributed by atoms with van der Waals surface area (Å²) in [6.45, 7) is 1.64. The zero-order chi connectivity index (χ0) is 24.9. The van der Waals surface area contributed by atoms with Crippen LogP contribution in [0.4, 0.5) is 0 Å². The number of hydrogen-bond acceptors (Lipinski definition) is 7. The van der Waals surface area contributed by atoms with Crippen LogP contribution < -0.4 is 16.4 Å². The van der Waals surface area contributed by atoms with Gasteiger partial charge < -0.3 is 10.1 Å². The Morgan fingerprint density at radius 2 is 2.00 bits per heavy atom. The maximum atomic E-state index is 13.3. The molecule has 0 unspecified atom stereocenters. The van der Waals surface area contributed by atoms with Crippen molar-refractivity contribution < 1.29 is 9.53 Å². The summed E-state index contributed by atoms with van der Waals surface area (Å²) in [5.74, 6) is 0.329. The Bertz CT molecular complexity index is 1510. The Hall–Kier alpha value is -3.50. The number of rotatable bonds is 9. The van der Waals surface area contributed by atoms with Crippen molar-refractivity contribution >= 4 is 34.2 Å². The van der Waals surface area contributed by atoms with Gasteiger partial charge in [0.2, 0.25) is 5.91 Å². The molecule has 1 N–H and O–H groups in total.